The Labute approximate surface area is 144 Å². The summed E-state index contributed by atoms with van der Waals surface area (Å²) in [6.45, 7) is 4.91. The maximum absolute atomic E-state index is 11.8. The van der Waals surface area contributed by atoms with Crippen molar-refractivity contribution in [3.8, 4) is 0 Å². The standard InChI is InChI=1S/C21H26N2O/c24-18-21(20-9-5-2-6-10-20)11-14-23(15-12-21)16-13-22-17-19-7-3-1-4-8-19/h1-10,18,22H,11-17H2. The molecule has 2 aromatic carbocycles. The van der Waals surface area contributed by atoms with Crippen molar-refractivity contribution in [1.29, 1.82) is 0 Å². The van der Waals surface area contributed by atoms with Crippen LogP contribution in [0.1, 0.15) is 24.0 Å². The highest BCUT2D eigenvalue weighted by atomic mass is 16.1. The molecule has 126 valence electrons. The molecule has 0 radical (unpaired) electrons. The van der Waals surface area contributed by atoms with Crippen molar-refractivity contribution in [2.24, 2.45) is 0 Å². The minimum Gasteiger partial charge on any atom is -0.311 e. The van der Waals surface area contributed by atoms with Crippen LogP contribution in [0.4, 0.5) is 0 Å². The van der Waals surface area contributed by atoms with Gasteiger partial charge in [0.1, 0.15) is 6.29 Å². The van der Waals surface area contributed by atoms with Crippen molar-refractivity contribution in [3.05, 3.63) is 71.8 Å². The van der Waals surface area contributed by atoms with Crippen LogP contribution in [0.3, 0.4) is 0 Å². The lowest BCUT2D eigenvalue weighted by Crippen LogP contribution is -2.45. The van der Waals surface area contributed by atoms with E-state index in [2.05, 4.69) is 46.6 Å². The molecule has 0 bridgehead atoms. The van der Waals surface area contributed by atoms with Gasteiger partial charge in [-0.05, 0) is 37.1 Å². The van der Waals surface area contributed by atoms with Crippen molar-refractivity contribution in [3.63, 3.8) is 0 Å². The Bertz CT molecular complexity index is 619. The van der Waals surface area contributed by atoms with Gasteiger partial charge in [0.15, 0.2) is 0 Å². The van der Waals surface area contributed by atoms with Gasteiger partial charge >= 0.3 is 0 Å². The quantitative estimate of drug-likeness (QED) is 0.628. The van der Waals surface area contributed by atoms with E-state index in [4.69, 9.17) is 0 Å². The predicted octanol–water partition coefficient (Wildman–Crippen LogP) is 3.01. The molecule has 3 heteroatoms. The number of piperidine rings is 1. The molecule has 0 unspecified atom stereocenters. The third kappa shape index (κ3) is 4.11. The van der Waals surface area contributed by atoms with Gasteiger partial charge in [0.2, 0.25) is 0 Å². The number of benzene rings is 2. The van der Waals surface area contributed by atoms with Crippen LogP contribution >= 0.6 is 0 Å². The maximum atomic E-state index is 11.8. The Kier molecular flexibility index (Phi) is 5.78. The van der Waals surface area contributed by atoms with Gasteiger partial charge in [-0.3, -0.25) is 0 Å². The van der Waals surface area contributed by atoms with Gasteiger partial charge in [-0.25, -0.2) is 0 Å². The SMILES string of the molecule is O=CC1(c2ccccc2)CCN(CCNCc2ccccc2)CC1. The van der Waals surface area contributed by atoms with E-state index in [1.165, 1.54) is 17.4 Å². The number of carbonyl (C=O) groups excluding carboxylic acids is 1. The first-order chi connectivity index (χ1) is 11.8. The highest BCUT2D eigenvalue weighted by Crippen LogP contribution is 2.33. The lowest BCUT2D eigenvalue weighted by molar-refractivity contribution is -0.114. The van der Waals surface area contributed by atoms with E-state index >= 15 is 0 Å². The van der Waals surface area contributed by atoms with Crippen LogP contribution in [0.15, 0.2) is 60.7 Å². The second kappa shape index (κ2) is 8.22. The third-order valence-corrected chi connectivity index (χ3v) is 5.10. The van der Waals surface area contributed by atoms with Gasteiger partial charge in [-0.15, -0.1) is 0 Å². The highest BCUT2D eigenvalue weighted by Gasteiger charge is 2.35. The molecule has 1 N–H and O–H groups in total. The van der Waals surface area contributed by atoms with Crippen LogP contribution in [0.5, 0.6) is 0 Å². The number of hydrogen-bond donors (Lipinski definition) is 1. The van der Waals surface area contributed by atoms with E-state index in [-0.39, 0.29) is 5.41 Å². The Morgan fingerprint density at radius 2 is 1.58 bits per heavy atom. The molecule has 1 fully saturated rings. The minimum absolute atomic E-state index is 0.283. The largest absolute Gasteiger partial charge is 0.311 e. The third-order valence-electron chi connectivity index (χ3n) is 5.10. The molecule has 0 aliphatic carbocycles. The van der Waals surface area contributed by atoms with Crippen molar-refractivity contribution < 1.29 is 4.79 Å². The number of nitrogens with one attached hydrogen (secondary N) is 1. The average Bonchev–Trinajstić information content (AvgIpc) is 2.67. The molecule has 1 heterocycles. The molecule has 3 rings (SSSR count). The van der Waals surface area contributed by atoms with Gasteiger partial charge < -0.3 is 15.0 Å². The number of rotatable bonds is 7. The maximum Gasteiger partial charge on any atom is 0.130 e. The summed E-state index contributed by atoms with van der Waals surface area (Å²) >= 11 is 0. The van der Waals surface area contributed by atoms with E-state index in [1.807, 2.05) is 24.3 Å². The van der Waals surface area contributed by atoms with Crippen molar-refractivity contribution in [2.45, 2.75) is 24.8 Å². The predicted molar refractivity (Wildman–Crippen MR) is 98.0 cm³/mol. The van der Waals surface area contributed by atoms with Gasteiger partial charge in [0.25, 0.3) is 0 Å². The summed E-state index contributed by atoms with van der Waals surface area (Å²) in [6.07, 6.45) is 3.01. The fraction of sp³-hybridized carbons (Fsp3) is 0.381. The zero-order valence-electron chi connectivity index (χ0n) is 14.2. The Hall–Kier alpha value is -1.97. The van der Waals surface area contributed by atoms with Crippen molar-refractivity contribution in [1.82, 2.24) is 10.2 Å². The van der Waals surface area contributed by atoms with Crippen LogP contribution < -0.4 is 5.32 Å². The molecular formula is C21H26N2O. The Morgan fingerprint density at radius 1 is 0.958 bits per heavy atom. The van der Waals surface area contributed by atoms with Crippen molar-refractivity contribution >= 4 is 6.29 Å². The van der Waals surface area contributed by atoms with E-state index < -0.39 is 0 Å². The van der Waals surface area contributed by atoms with Gasteiger partial charge in [0, 0.05) is 19.6 Å². The molecule has 1 aliphatic rings. The number of aldehydes is 1. The first-order valence-corrected chi connectivity index (χ1v) is 8.81. The molecule has 0 spiro atoms. The van der Waals surface area contributed by atoms with E-state index in [1.54, 1.807) is 0 Å². The summed E-state index contributed by atoms with van der Waals surface area (Å²) in [5.74, 6) is 0. The Balaban J connectivity index is 1.44. The number of carbonyl (C=O) groups is 1. The molecular weight excluding hydrogens is 296 g/mol. The molecule has 1 aliphatic heterocycles. The summed E-state index contributed by atoms with van der Waals surface area (Å²) < 4.78 is 0. The zero-order chi connectivity index (χ0) is 16.7. The lowest BCUT2D eigenvalue weighted by Gasteiger charge is -2.38. The van der Waals surface area contributed by atoms with Gasteiger partial charge in [0.05, 0.1) is 5.41 Å². The van der Waals surface area contributed by atoms with Crippen LogP contribution in [-0.4, -0.2) is 37.4 Å². The van der Waals surface area contributed by atoms with E-state index in [9.17, 15) is 4.79 Å². The lowest BCUT2D eigenvalue weighted by atomic mass is 9.74. The number of nitrogens with zero attached hydrogens (tertiary/aromatic N) is 1. The summed E-state index contributed by atoms with van der Waals surface area (Å²) in [5, 5.41) is 3.50. The summed E-state index contributed by atoms with van der Waals surface area (Å²) in [5.41, 5.74) is 2.21. The topological polar surface area (TPSA) is 32.3 Å². The van der Waals surface area contributed by atoms with Crippen LogP contribution in [0.25, 0.3) is 0 Å². The first-order valence-electron chi connectivity index (χ1n) is 8.81. The highest BCUT2D eigenvalue weighted by molar-refractivity contribution is 5.69. The molecule has 0 amide bonds. The zero-order valence-corrected chi connectivity index (χ0v) is 14.2. The fourth-order valence-electron chi connectivity index (χ4n) is 3.49. The molecule has 0 atom stereocenters. The molecule has 3 nitrogen and oxygen atoms in total. The molecule has 24 heavy (non-hydrogen) atoms. The summed E-state index contributed by atoms with van der Waals surface area (Å²) in [6, 6.07) is 20.7. The molecule has 0 aromatic heterocycles. The molecule has 1 saturated heterocycles. The second-order valence-corrected chi connectivity index (χ2v) is 6.64. The van der Waals surface area contributed by atoms with Crippen LogP contribution in [-0.2, 0) is 16.8 Å². The van der Waals surface area contributed by atoms with Gasteiger partial charge in [-0.2, -0.15) is 0 Å². The van der Waals surface area contributed by atoms with Gasteiger partial charge in [-0.1, -0.05) is 60.7 Å². The number of hydrogen-bond acceptors (Lipinski definition) is 3. The van der Waals surface area contributed by atoms with Crippen LogP contribution in [0, 0.1) is 0 Å². The normalized spacial score (nSPS) is 17.5. The average molecular weight is 322 g/mol. The fourth-order valence-corrected chi connectivity index (χ4v) is 3.49. The Morgan fingerprint density at radius 3 is 2.21 bits per heavy atom. The van der Waals surface area contributed by atoms with Crippen molar-refractivity contribution in [2.75, 3.05) is 26.2 Å². The smallest absolute Gasteiger partial charge is 0.130 e. The monoisotopic (exact) mass is 322 g/mol. The summed E-state index contributed by atoms with van der Waals surface area (Å²) in [7, 11) is 0. The van der Waals surface area contributed by atoms with E-state index in [0.717, 1.165) is 45.6 Å². The van der Waals surface area contributed by atoms with E-state index in [0.29, 0.717) is 0 Å². The number of likely N-dealkylation sites (tertiary alicyclic amines) is 1. The second-order valence-electron chi connectivity index (χ2n) is 6.64. The minimum atomic E-state index is -0.283. The molecule has 0 saturated carbocycles. The first kappa shape index (κ1) is 16.9. The summed E-state index contributed by atoms with van der Waals surface area (Å²) in [4.78, 5) is 14.2. The molecule has 2 aromatic rings. The van der Waals surface area contributed by atoms with Crippen LogP contribution in [0.2, 0.25) is 0 Å².